The van der Waals surface area contributed by atoms with Gasteiger partial charge in [0.15, 0.2) is 11.5 Å². The third-order valence-electron chi connectivity index (χ3n) is 4.95. The van der Waals surface area contributed by atoms with Gasteiger partial charge < -0.3 is 25.0 Å². The molecule has 1 amide bonds. The summed E-state index contributed by atoms with van der Waals surface area (Å²) in [6.07, 6.45) is 1.62. The van der Waals surface area contributed by atoms with Crippen molar-refractivity contribution in [2.45, 2.75) is 0 Å². The summed E-state index contributed by atoms with van der Waals surface area (Å²) in [7, 11) is 3.15. The Kier molecular flexibility index (Phi) is 5.03. The molecule has 0 radical (unpaired) electrons. The molecule has 4 rings (SSSR count). The largest absolute Gasteiger partial charge is 0.493 e. The van der Waals surface area contributed by atoms with Crippen LogP contribution >= 0.6 is 0 Å². The van der Waals surface area contributed by atoms with Crippen molar-refractivity contribution in [3.05, 3.63) is 42.2 Å². The van der Waals surface area contributed by atoms with Crippen molar-refractivity contribution in [1.29, 1.82) is 0 Å². The molecule has 29 heavy (non-hydrogen) atoms. The lowest BCUT2D eigenvalue weighted by atomic mass is 10.2. The minimum Gasteiger partial charge on any atom is -0.493 e. The molecule has 9 nitrogen and oxygen atoms in total. The Morgan fingerprint density at radius 1 is 1.03 bits per heavy atom. The van der Waals surface area contributed by atoms with E-state index in [0.717, 1.165) is 0 Å². The van der Waals surface area contributed by atoms with Gasteiger partial charge in [0.05, 0.1) is 19.7 Å². The molecule has 0 aliphatic carbocycles. The van der Waals surface area contributed by atoms with Crippen molar-refractivity contribution in [1.82, 2.24) is 19.9 Å². The summed E-state index contributed by atoms with van der Waals surface area (Å²) >= 11 is 0. The number of carbonyl (C=O) groups excluding carboxylic acids is 1. The van der Waals surface area contributed by atoms with E-state index in [4.69, 9.17) is 15.2 Å². The highest BCUT2D eigenvalue weighted by atomic mass is 16.5. The number of carbonyl (C=O) groups is 1. The van der Waals surface area contributed by atoms with Gasteiger partial charge in [-0.1, -0.05) is 6.07 Å². The third kappa shape index (κ3) is 3.58. The fraction of sp³-hybridized carbons (Fsp3) is 0.300. The molecule has 0 spiro atoms. The van der Waals surface area contributed by atoms with Crippen LogP contribution in [0, 0.1) is 0 Å². The van der Waals surface area contributed by atoms with Crippen LogP contribution in [-0.4, -0.2) is 66.2 Å². The number of hydrogen-bond donors (Lipinski definition) is 1. The second-order valence-corrected chi connectivity index (χ2v) is 6.63. The zero-order chi connectivity index (χ0) is 20.4. The van der Waals surface area contributed by atoms with E-state index < -0.39 is 0 Å². The van der Waals surface area contributed by atoms with E-state index in [1.165, 1.54) is 0 Å². The van der Waals surface area contributed by atoms with Gasteiger partial charge in [0.1, 0.15) is 11.5 Å². The number of aromatic nitrogens is 3. The number of amides is 1. The Balaban J connectivity index is 1.54. The van der Waals surface area contributed by atoms with Crippen LogP contribution < -0.4 is 20.1 Å². The predicted molar refractivity (Wildman–Crippen MR) is 109 cm³/mol. The van der Waals surface area contributed by atoms with Gasteiger partial charge in [-0.15, -0.1) is 0 Å². The van der Waals surface area contributed by atoms with Crippen molar-refractivity contribution in [3.63, 3.8) is 0 Å². The molecule has 0 bridgehead atoms. The van der Waals surface area contributed by atoms with Crippen molar-refractivity contribution < 1.29 is 14.3 Å². The molecule has 1 fully saturated rings. The molecule has 2 N–H and O–H groups in total. The van der Waals surface area contributed by atoms with Crippen LogP contribution in [0.25, 0.3) is 10.9 Å². The third-order valence-corrected chi connectivity index (χ3v) is 4.95. The molecule has 0 unspecified atom stereocenters. The summed E-state index contributed by atoms with van der Waals surface area (Å²) in [6.45, 7) is 2.33. The summed E-state index contributed by atoms with van der Waals surface area (Å²) in [5.41, 5.74) is 7.31. The Morgan fingerprint density at radius 3 is 2.41 bits per heavy atom. The number of rotatable bonds is 4. The SMILES string of the molecule is COc1cc2nc(N3CCN(C(=O)c4ccccn4)CC3)nc(N)c2cc1OC. The van der Waals surface area contributed by atoms with Crippen LogP contribution in [0.4, 0.5) is 11.8 Å². The molecule has 3 aromatic rings. The number of hydrogen-bond acceptors (Lipinski definition) is 8. The number of nitrogens with two attached hydrogens (primary N) is 1. The Hall–Kier alpha value is -3.62. The van der Waals surface area contributed by atoms with Crippen LogP contribution in [0.3, 0.4) is 0 Å². The van der Waals surface area contributed by atoms with E-state index in [0.29, 0.717) is 66.0 Å². The number of fused-ring (bicyclic) bond motifs is 1. The first-order valence-corrected chi connectivity index (χ1v) is 9.25. The van der Waals surface area contributed by atoms with E-state index in [-0.39, 0.29) is 5.91 Å². The Labute approximate surface area is 168 Å². The van der Waals surface area contributed by atoms with Crippen molar-refractivity contribution in [2.24, 2.45) is 0 Å². The van der Waals surface area contributed by atoms with Gasteiger partial charge in [-0.3, -0.25) is 9.78 Å². The Bertz CT molecular complexity index is 1040. The number of nitrogen functional groups attached to an aromatic ring is 1. The standard InChI is InChI=1S/C20H22N6O3/c1-28-16-11-13-15(12-17(16)29-2)23-20(24-18(13)21)26-9-7-25(8-10-26)19(27)14-5-3-4-6-22-14/h3-6,11-12H,7-10H2,1-2H3,(H2,21,23,24). The second kappa shape index (κ2) is 7.78. The van der Waals surface area contributed by atoms with Crippen LogP contribution in [0.15, 0.2) is 36.5 Å². The number of methoxy groups -OCH3 is 2. The lowest BCUT2D eigenvalue weighted by Gasteiger charge is -2.34. The number of piperazine rings is 1. The smallest absolute Gasteiger partial charge is 0.272 e. The number of nitrogens with zero attached hydrogens (tertiary/aromatic N) is 5. The lowest BCUT2D eigenvalue weighted by molar-refractivity contribution is 0.0740. The summed E-state index contributed by atoms with van der Waals surface area (Å²) in [6, 6.07) is 8.89. The molecule has 0 saturated carbocycles. The highest BCUT2D eigenvalue weighted by molar-refractivity contribution is 5.93. The molecule has 1 aliphatic rings. The first-order chi connectivity index (χ1) is 14.1. The quantitative estimate of drug-likeness (QED) is 0.711. The molecular formula is C20H22N6O3. The van der Waals surface area contributed by atoms with Gasteiger partial charge >= 0.3 is 0 Å². The second-order valence-electron chi connectivity index (χ2n) is 6.63. The summed E-state index contributed by atoms with van der Waals surface area (Å²) in [5, 5.41) is 0.704. The molecule has 1 saturated heterocycles. The molecule has 3 heterocycles. The summed E-state index contributed by atoms with van der Waals surface area (Å²) in [5.74, 6) is 1.99. The molecule has 0 atom stereocenters. The Morgan fingerprint density at radius 2 is 1.76 bits per heavy atom. The van der Waals surface area contributed by atoms with Crippen LogP contribution in [0.5, 0.6) is 11.5 Å². The fourth-order valence-corrected chi connectivity index (χ4v) is 3.37. The molecule has 1 aliphatic heterocycles. The van der Waals surface area contributed by atoms with Gasteiger partial charge in [0, 0.05) is 43.8 Å². The van der Waals surface area contributed by atoms with E-state index in [1.807, 2.05) is 11.0 Å². The van der Waals surface area contributed by atoms with Crippen molar-refractivity contribution in [2.75, 3.05) is 51.0 Å². The van der Waals surface area contributed by atoms with Gasteiger partial charge in [0.25, 0.3) is 5.91 Å². The highest BCUT2D eigenvalue weighted by Gasteiger charge is 2.25. The first-order valence-electron chi connectivity index (χ1n) is 9.25. The number of ether oxygens (including phenoxy) is 2. The van der Waals surface area contributed by atoms with E-state index in [9.17, 15) is 4.79 Å². The average molecular weight is 394 g/mol. The fourth-order valence-electron chi connectivity index (χ4n) is 3.37. The normalized spacial score (nSPS) is 14.1. The molecule has 2 aromatic heterocycles. The maximum absolute atomic E-state index is 12.6. The molecule has 1 aromatic carbocycles. The zero-order valence-corrected chi connectivity index (χ0v) is 16.3. The first kappa shape index (κ1) is 18.7. The van der Waals surface area contributed by atoms with Gasteiger partial charge in [-0.25, -0.2) is 4.98 Å². The van der Waals surface area contributed by atoms with Gasteiger partial charge in [-0.05, 0) is 18.2 Å². The van der Waals surface area contributed by atoms with Crippen LogP contribution in [0.1, 0.15) is 10.5 Å². The minimum absolute atomic E-state index is 0.0685. The maximum atomic E-state index is 12.6. The van der Waals surface area contributed by atoms with Crippen molar-refractivity contribution >= 4 is 28.6 Å². The van der Waals surface area contributed by atoms with Gasteiger partial charge in [-0.2, -0.15) is 4.98 Å². The van der Waals surface area contributed by atoms with Crippen LogP contribution in [-0.2, 0) is 0 Å². The van der Waals surface area contributed by atoms with E-state index in [1.54, 1.807) is 49.6 Å². The lowest BCUT2D eigenvalue weighted by Crippen LogP contribution is -2.49. The summed E-state index contributed by atoms with van der Waals surface area (Å²) in [4.78, 5) is 29.6. The van der Waals surface area contributed by atoms with Gasteiger partial charge in [0.2, 0.25) is 5.95 Å². The van der Waals surface area contributed by atoms with E-state index in [2.05, 4.69) is 15.0 Å². The number of anilines is 2. The van der Waals surface area contributed by atoms with Crippen LogP contribution in [0.2, 0.25) is 0 Å². The number of benzene rings is 1. The topological polar surface area (TPSA) is 107 Å². The minimum atomic E-state index is -0.0685. The maximum Gasteiger partial charge on any atom is 0.272 e. The average Bonchev–Trinajstić information content (AvgIpc) is 2.78. The predicted octanol–water partition coefficient (Wildman–Crippen LogP) is 1.59. The highest BCUT2D eigenvalue weighted by Crippen LogP contribution is 2.34. The molecule has 150 valence electrons. The van der Waals surface area contributed by atoms with E-state index >= 15 is 0 Å². The molecule has 9 heteroatoms. The zero-order valence-electron chi connectivity index (χ0n) is 16.3. The monoisotopic (exact) mass is 394 g/mol. The number of pyridine rings is 1. The summed E-state index contributed by atoms with van der Waals surface area (Å²) < 4.78 is 10.7. The van der Waals surface area contributed by atoms with Crippen molar-refractivity contribution in [3.8, 4) is 11.5 Å². The molecular weight excluding hydrogens is 372 g/mol.